The van der Waals surface area contributed by atoms with Gasteiger partial charge in [0.25, 0.3) is 0 Å². The largest absolute Gasteiger partial charge is 0.416 e. The fourth-order valence-electron chi connectivity index (χ4n) is 2.24. The molecule has 0 aliphatic heterocycles. The van der Waals surface area contributed by atoms with E-state index in [1.54, 1.807) is 6.07 Å². The molecule has 2 aromatic rings. The van der Waals surface area contributed by atoms with Gasteiger partial charge >= 0.3 is 6.18 Å². The highest BCUT2D eigenvalue weighted by Crippen LogP contribution is 2.31. The molecular formula is C19H20F3NOS. The summed E-state index contributed by atoms with van der Waals surface area (Å²) >= 11 is 1.08. The van der Waals surface area contributed by atoms with Gasteiger partial charge in [0.15, 0.2) is 0 Å². The molecule has 0 radical (unpaired) electrons. The zero-order valence-corrected chi connectivity index (χ0v) is 14.9. The van der Waals surface area contributed by atoms with E-state index in [1.165, 1.54) is 11.6 Å². The molecule has 134 valence electrons. The van der Waals surface area contributed by atoms with E-state index in [1.807, 2.05) is 24.3 Å². The molecule has 0 bridgehead atoms. The molecule has 1 N–H and O–H groups in total. The summed E-state index contributed by atoms with van der Waals surface area (Å²) in [5.41, 5.74) is 1.18. The minimum absolute atomic E-state index is 0.0500. The minimum atomic E-state index is -4.38. The molecule has 0 unspecified atom stereocenters. The summed E-state index contributed by atoms with van der Waals surface area (Å²) < 4.78 is 38.0. The van der Waals surface area contributed by atoms with E-state index < -0.39 is 11.7 Å². The number of nitrogens with one attached hydrogen (secondary N) is 1. The van der Waals surface area contributed by atoms with Crippen molar-refractivity contribution in [3.63, 3.8) is 0 Å². The standard InChI is InChI=1S/C19H20F3NOS/c1-3-13(2)14-7-9-16(10-8-14)23-18(24)12-25-17-6-4-5-15(11-17)19(20,21)22/h4-11,13H,3,12H2,1-2H3,(H,23,24)/t13-/m1/s1. The third-order valence-corrected chi connectivity index (χ3v) is 4.90. The molecule has 1 atom stereocenters. The second kappa shape index (κ2) is 8.43. The number of thioether (sulfide) groups is 1. The number of anilines is 1. The van der Waals surface area contributed by atoms with Crippen molar-refractivity contribution in [2.75, 3.05) is 11.1 Å². The molecule has 0 spiro atoms. The number of carbonyl (C=O) groups is 1. The van der Waals surface area contributed by atoms with Gasteiger partial charge in [-0.2, -0.15) is 13.2 Å². The van der Waals surface area contributed by atoms with Crippen LogP contribution in [0.15, 0.2) is 53.4 Å². The Morgan fingerprint density at radius 2 is 1.84 bits per heavy atom. The van der Waals surface area contributed by atoms with Crippen LogP contribution < -0.4 is 5.32 Å². The van der Waals surface area contributed by atoms with Crippen LogP contribution >= 0.6 is 11.8 Å². The van der Waals surface area contributed by atoms with Crippen LogP contribution in [0.25, 0.3) is 0 Å². The van der Waals surface area contributed by atoms with Crippen LogP contribution in [0.1, 0.15) is 37.3 Å². The Bertz CT molecular complexity index is 713. The van der Waals surface area contributed by atoms with E-state index >= 15 is 0 Å². The lowest BCUT2D eigenvalue weighted by atomic mass is 9.99. The fourth-order valence-corrected chi connectivity index (χ4v) is 2.99. The third kappa shape index (κ3) is 5.81. The number of hydrogen-bond donors (Lipinski definition) is 1. The van der Waals surface area contributed by atoms with Gasteiger partial charge in [0, 0.05) is 10.6 Å². The van der Waals surface area contributed by atoms with E-state index in [0.717, 1.165) is 30.3 Å². The molecule has 0 aliphatic carbocycles. The lowest BCUT2D eigenvalue weighted by molar-refractivity contribution is -0.137. The molecule has 0 heterocycles. The average Bonchev–Trinajstić information content (AvgIpc) is 2.59. The predicted molar refractivity (Wildman–Crippen MR) is 95.9 cm³/mol. The van der Waals surface area contributed by atoms with Crippen molar-refractivity contribution in [1.29, 1.82) is 0 Å². The van der Waals surface area contributed by atoms with Gasteiger partial charge < -0.3 is 5.32 Å². The second-order valence-corrected chi connectivity index (χ2v) is 6.84. The zero-order valence-electron chi connectivity index (χ0n) is 14.1. The maximum atomic E-state index is 12.7. The van der Waals surface area contributed by atoms with Crippen LogP contribution in [0, 0.1) is 0 Å². The third-order valence-electron chi connectivity index (χ3n) is 3.91. The lowest BCUT2D eigenvalue weighted by Crippen LogP contribution is -2.14. The lowest BCUT2D eigenvalue weighted by Gasteiger charge is -2.11. The van der Waals surface area contributed by atoms with Gasteiger partial charge in [-0.25, -0.2) is 0 Å². The van der Waals surface area contributed by atoms with E-state index in [4.69, 9.17) is 0 Å². The Labute approximate surface area is 149 Å². The Morgan fingerprint density at radius 3 is 2.44 bits per heavy atom. The normalized spacial score (nSPS) is 12.7. The van der Waals surface area contributed by atoms with Crippen molar-refractivity contribution >= 4 is 23.4 Å². The SMILES string of the molecule is CC[C@@H](C)c1ccc(NC(=O)CSc2cccc(C(F)(F)F)c2)cc1. The number of halogens is 3. The fraction of sp³-hybridized carbons (Fsp3) is 0.316. The highest BCUT2D eigenvalue weighted by Gasteiger charge is 2.30. The zero-order chi connectivity index (χ0) is 18.4. The van der Waals surface area contributed by atoms with Crippen molar-refractivity contribution in [2.45, 2.75) is 37.3 Å². The highest BCUT2D eigenvalue weighted by molar-refractivity contribution is 8.00. The van der Waals surface area contributed by atoms with Gasteiger partial charge in [0.05, 0.1) is 11.3 Å². The molecular weight excluding hydrogens is 347 g/mol. The highest BCUT2D eigenvalue weighted by atomic mass is 32.2. The number of benzene rings is 2. The molecule has 2 rings (SSSR count). The van der Waals surface area contributed by atoms with Gasteiger partial charge in [0.1, 0.15) is 0 Å². The molecule has 1 amide bonds. The monoisotopic (exact) mass is 367 g/mol. The molecule has 0 fully saturated rings. The van der Waals surface area contributed by atoms with E-state index in [9.17, 15) is 18.0 Å². The van der Waals surface area contributed by atoms with Gasteiger partial charge in [0.2, 0.25) is 5.91 Å². The summed E-state index contributed by atoms with van der Waals surface area (Å²) in [6, 6.07) is 12.6. The second-order valence-electron chi connectivity index (χ2n) is 5.79. The minimum Gasteiger partial charge on any atom is -0.325 e. The Kier molecular flexibility index (Phi) is 6.53. The summed E-state index contributed by atoms with van der Waals surface area (Å²) in [4.78, 5) is 12.4. The first-order chi connectivity index (χ1) is 11.8. The van der Waals surface area contributed by atoms with Gasteiger partial charge in [-0.1, -0.05) is 32.0 Å². The number of hydrogen-bond acceptors (Lipinski definition) is 2. The summed E-state index contributed by atoms with van der Waals surface area (Å²) in [5, 5.41) is 2.76. The topological polar surface area (TPSA) is 29.1 Å². The number of amides is 1. The van der Waals surface area contributed by atoms with Gasteiger partial charge in [-0.05, 0) is 48.2 Å². The predicted octanol–water partition coefficient (Wildman–Crippen LogP) is 5.95. The van der Waals surface area contributed by atoms with Crippen LogP contribution in [-0.4, -0.2) is 11.7 Å². The van der Waals surface area contributed by atoms with Crippen molar-refractivity contribution < 1.29 is 18.0 Å². The van der Waals surface area contributed by atoms with Crippen LogP contribution in [0.2, 0.25) is 0 Å². The van der Waals surface area contributed by atoms with Crippen LogP contribution in [0.4, 0.5) is 18.9 Å². The van der Waals surface area contributed by atoms with Crippen LogP contribution in [0.5, 0.6) is 0 Å². The quantitative estimate of drug-likeness (QED) is 0.639. The Hall–Kier alpha value is -1.95. The molecule has 25 heavy (non-hydrogen) atoms. The molecule has 0 aromatic heterocycles. The first-order valence-corrected chi connectivity index (χ1v) is 8.98. The van der Waals surface area contributed by atoms with Crippen molar-refractivity contribution in [2.24, 2.45) is 0 Å². The molecule has 0 saturated heterocycles. The van der Waals surface area contributed by atoms with Crippen molar-refractivity contribution in [1.82, 2.24) is 0 Å². The molecule has 0 aliphatic rings. The van der Waals surface area contributed by atoms with Crippen molar-refractivity contribution in [3.8, 4) is 0 Å². The number of carbonyl (C=O) groups excluding carboxylic acids is 1. The van der Waals surface area contributed by atoms with Gasteiger partial charge in [-0.15, -0.1) is 11.8 Å². The van der Waals surface area contributed by atoms with E-state index in [2.05, 4.69) is 19.2 Å². The first kappa shape index (κ1) is 19.4. The first-order valence-electron chi connectivity index (χ1n) is 7.99. The summed E-state index contributed by atoms with van der Waals surface area (Å²) in [6.45, 7) is 4.25. The Balaban J connectivity index is 1.91. The number of alkyl halides is 3. The maximum Gasteiger partial charge on any atom is 0.416 e. The summed E-state index contributed by atoms with van der Waals surface area (Å²) in [5.74, 6) is 0.258. The van der Waals surface area contributed by atoms with Crippen LogP contribution in [-0.2, 0) is 11.0 Å². The number of rotatable bonds is 6. The summed E-state index contributed by atoms with van der Waals surface area (Å²) in [6.07, 6.45) is -3.34. The van der Waals surface area contributed by atoms with Crippen LogP contribution in [0.3, 0.4) is 0 Å². The molecule has 6 heteroatoms. The van der Waals surface area contributed by atoms with E-state index in [-0.39, 0.29) is 11.7 Å². The van der Waals surface area contributed by atoms with Crippen molar-refractivity contribution in [3.05, 3.63) is 59.7 Å². The average molecular weight is 367 g/mol. The molecule has 0 saturated carbocycles. The molecule has 2 aromatic carbocycles. The molecule has 2 nitrogen and oxygen atoms in total. The van der Waals surface area contributed by atoms with Gasteiger partial charge in [-0.3, -0.25) is 4.79 Å². The Morgan fingerprint density at radius 1 is 1.16 bits per heavy atom. The van der Waals surface area contributed by atoms with E-state index in [0.29, 0.717) is 16.5 Å². The maximum absolute atomic E-state index is 12.7. The summed E-state index contributed by atoms with van der Waals surface area (Å²) in [7, 11) is 0. The smallest absolute Gasteiger partial charge is 0.325 e.